The molecule has 0 atom stereocenters. The Morgan fingerprint density at radius 1 is 1.00 bits per heavy atom. The van der Waals surface area contributed by atoms with E-state index in [1.54, 1.807) is 27.4 Å². The van der Waals surface area contributed by atoms with E-state index in [1.165, 1.54) is 6.42 Å². The van der Waals surface area contributed by atoms with Crippen LogP contribution in [0, 0.1) is 0 Å². The van der Waals surface area contributed by atoms with Crippen LogP contribution in [0.1, 0.15) is 37.7 Å². The Balaban J connectivity index is 1.64. The van der Waals surface area contributed by atoms with E-state index in [0.29, 0.717) is 34.2 Å². The number of fused-ring (bicyclic) bond motifs is 1. The van der Waals surface area contributed by atoms with Crippen molar-refractivity contribution in [2.24, 2.45) is 0 Å². The van der Waals surface area contributed by atoms with Gasteiger partial charge >= 0.3 is 0 Å². The molecule has 1 aliphatic carbocycles. The van der Waals surface area contributed by atoms with Crippen LogP contribution >= 0.6 is 12.2 Å². The molecular weight excluding hydrogens is 450 g/mol. The van der Waals surface area contributed by atoms with Gasteiger partial charge in [0.25, 0.3) is 5.56 Å². The van der Waals surface area contributed by atoms with Gasteiger partial charge < -0.3 is 29.4 Å². The van der Waals surface area contributed by atoms with Crippen molar-refractivity contribution in [1.29, 1.82) is 0 Å². The van der Waals surface area contributed by atoms with Crippen LogP contribution in [0.25, 0.3) is 10.9 Å². The molecule has 1 heterocycles. The fourth-order valence-electron chi connectivity index (χ4n) is 4.51. The number of pyridine rings is 1. The summed E-state index contributed by atoms with van der Waals surface area (Å²) in [6.45, 7) is 0.423. The van der Waals surface area contributed by atoms with Crippen LogP contribution in [-0.4, -0.2) is 42.4 Å². The molecule has 1 saturated carbocycles. The maximum atomic E-state index is 13.0. The number of nitrogens with one attached hydrogen (secondary N) is 2. The minimum Gasteiger partial charge on any atom is -0.497 e. The first-order valence-corrected chi connectivity index (χ1v) is 11.9. The molecule has 1 aromatic heterocycles. The summed E-state index contributed by atoms with van der Waals surface area (Å²) in [5.74, 6) is 1.98. The number of ether oxygens (including phenoxy) is 3. The number of aromatic nitrogens is 1. The van der Waals surface area contributed by atoms with Gasteiger partial charge in [0, 0.05) is 28.7 Å². The lowest BCUT2D eigenvalue weighted by Crippen LogP contribution is -2.44. The van der Waals surface area contributed by atoms with E-state index in [-0.39, 0.29) is 11.6 Å². The normalized spacial score (nSPS) is 14.0. The molecule has 4 rings (SSSR count). The van der Waals surface area contributed by atoms with Crippen LogP contribution in [0.5, 0.6) is 17.2 Å². The molecule has 180 valence electrons. The summed E-state index contributed by atoms with van der Waals surface area (Å²) >= 11 is 5.84. The predicted octanol–water partition coefficient (Wildman–Crippen LogP) is 5.09. The van der Waals surface area contributed by atoms with Gasteiger partial charge in [-0.25, -0.2) is 0 Å². The highest BCUT2D eigenvalue weighted by Gasteiger charge is 2.25. The maximum absolute atomic E-state index is 13.0. The molecule has 0 radical (unpaired) electrons. The Kier molecular flexibility index (Phi) is 7.57. The van der Waals surface area contributed by atoms with Crippen molar-refractivity contribution in [3.8, 4) is 17.2 Å². The van der Waals surface area contributed by atoms with Gasteiger partial charge in [-0.3, -0.25) is 4.79 Å². The molecule has 2 aromatic carbocycles. The summed E-state index contributed by atoms with van der Waals surface area (Å²) in [5.41, 5.74) is 2.11. The van der Waals surface area contributed by atoms with Crippen LogP contribution in [0.15, 0.2) is 47.3 Å². The van der Waals surface area contributed by atoms with Gasteiger partial charge in [0.1, 0.15) is 5.75 Å². The molecule has 0 amide bonds. The highest BCUT2D eigenvalue weighted by Crippen LogP contribution is 2.31. The summed E-state index contributed by atoms with van der Waals surface area (Å²) in [5, 5.41) is 4.85. The average molecular weight is 482 g/mol. The second-order valence-electron chi connectivity index (χ2n) is 8.50. The molecule has 8 heteroatoms. The van der Waals surface area contributed by atoms with E-state index >= 15 is 0 Å². The second kappa shape index (κ2) is 10.8. The van der Waals surface area contributed by atoms with E-state index in [9.17, 15) is 4.79 Å². The van der Waals surface area contributed by atoms with Gasteiger partial charge in [-0.05, 0) is 61.5 Å². The standard InChI is InChI=1S/C26H31N3O4S/c1-31-21-11-9-19(10-12-21)27-26(34)29(20-7-5-4-6-8-20)16-18-13-17-14-23(32-2)24(33-3)15-22(17)28-25(18)30/h9-15,20H,4-8,16H2,1-3H3,(H,27,34)(H,28,30). The largest absolute Gasteiger partial charge is 0.497 e. The Hall–Kier alpha value is -3.26. The number of hydrogen-bond donors (Lipinski definition) is 2. The summed E-state index contributed by atoms with van der Waals surface area (Å²) in [6.07, 6.45) is 5.68. The lowest BCUT2D eigenvalue weighted by atomic mass is 9.94. The molecule has 3 aromatic rings. The third-order valence-corrected chi connectivity index (χ3v) is 6.72. The quantitative estimate of drug-likeness (QED) is 0.456. The molecule has 1 aliphatic rings. The van der Waals surface area contributed by atoms with E-state index in [0.717, 1.165) is 42.5 Å². The number of rotatable bonds is 7. The number of benzene rings is 2. The SMILES string of the molecule is COc1ccc(NC(=S)N(Cc2cc3cc(OC)c(OC)cc3[nH]c2=O)C2CCCCC2)cc1. The first-order chi connectivity index (χ1) is 16.5. The summed E-state index contributed by atoms with van der Waals surface area (Å²) in [4.78, 5) is 18.2. The Bertz CT molecular complexity index is 1200. The molecule has 0 saturated heterocycles. The van der Waals surface area contributed by atoms with Crippen molar-refractivity contribution < 1.29 is 14.2 Å². The van der Waals surface area contributed by atoms with Crippen LogP contribution in [-0.2, 0) is 6.54 Å². The minimum absolute atomic E-state index is 0.132. The van der Waals surface area contributed by atoms with Crippen molar-refractivity contribution in [3.05, 3.63) is 58.4 Å². The molecule has 0 aliphatic heterocycles. The van der Waals surface area contributed by atoms with Crippen LogP contribution < -0.4 is 25.1 Å². The Labute approximate surface area is 205 Å². The number of thiocarbonyl (C=S) groups is 1. The van der Waals surface area contributed by atoms with Crippen molar-refractivity contribution in [2.45, 2.75) is 44.7 Å². The zero-order valence-electron chi connectivity index (χ0n) is 19.8. The number of H-pyrrole nitrogens is 1. The van der Waals surface area contributed by atoms with Crippen LogP contribution in [0.3, 0.4) is 0 Å². The van der Waals surface area contributed by atoms with Crippen LogP contribution in [0.2, 0.25) is 0 Å². The molecule has 0 bridgehead atoms. The number of aromatic amines is 1. The van der Waals surface area contributed by atoms with Crippen molar-refractivity contribution in [1.82, 2.24) is 9.88 Å². The smallest absolute Gasteiger partial charge is 0.253 e. The predicted molar refractivity (Wildman–Crippen MR) is 139 cm³/mol. The fourth-order valence-corrected chi connectivity index (χ4v) is 4.84. The van der Waals surface area contributed by atoms with Gasteiger partial charge in [0.05, 0.1) is 33.4 Å². The topological polar surface area (TPSA) is 75.8 Å². The third-order valence-electron chi connectivity index (χ3n) is 6.38. The highest BCUT2D eigenvalue weighted by molar-refractivity contribution is 7.80. The summed E-state index contributed by atoms with van der Waals surface area (Å²) < 4.78 is 16.1. The molecule has 2 N–H and O–H groups in total. The fraction of sp³-hybridized carbons (Fsp3) is 0.385. The molecule has 7 nitrogen and oxygen atoms in total. The number of nitrogens with zero attached hydrogens (tertiary/aromatic N) is 1. The van der Waals surface area contributed by atoms with Gasteiger partial charge in [-0.15, -0.1) is 0 Å². The van der Waals surface area contributed by atoms with E-state index < -0.39 is 0 Å². The number of hydrogen-bond acceptors (Lipinski definition) is 5. The lowest BCUT2D eigenvalue weighted by Gasteiger charge is -2.36. The summed E-state index contributed by atoms with van der Waals surface area (Å²) in [7, 11) is 4.82. The molecule has 1 fully saturated rings. The average Bonchev–Trinajstić information content (AvgIpc) is 2.87. The monoisotopic (exact) mass is 481 g/mol. The first-order valence-electron chi connectivity index (χ1n) is 11.5. The zero-order valence-corrected chi connectivity index (χ0v) is 20.7. The number of methoxy groups -OCH3 is 3. The molecule has 34 heavy (non-hydrogen) atoms. The van der Waals surface area contributed by atoms with Crippen LogP contribution in [0.4, 0.5) is 5.69 Å². The first kappa shape index (κ1) is 23.9. The van der Waals surface area contributed by atoms with E-state index in [2.05, 4.69) is 15.2 Å². The van der Waals surface area contributed by atoms with E-state index in [1.807, 2.05) is 36.4 Å². The lowest BCUT2D eigenvalue weighted by molar-refractivity contribution is 0.240. The van der Waals surface area contributed by atoms with E-state index in [4.69, 9.17) is 26.4 Å². The highest BCUT2D eigenvalue weighted by atomic mass is 32.1. The van der Waals surface area contributed by atoms with Crippen molar-refractivity contribution in [2.75, 3.05) is 26.6 Å². The van der Waals surface area contributed by atoms with Gasteiger partial charge in [-0.1, -0.05) is 19.3 Å². The summed E-state index contributed by atoms with van der Waals surface area (Å²) in [6, 6.07) is 13.5. The van der Waals surface area contributed by atoms with Crippen molar-refractivity contribution >= 4 is 33.9 Å². The molecule has 0 spiro atoms. The maximum Gasteiger partial charge on any atom is 0.253 e. The Morgan fingerprint density at radius 2 is 1.68 bits per heavy atom. The van der Waals surface area contributed by atoms with Gasteiger partial charge in [0.2, 0.25) is 0 Å². The second-order valence-corrected chi connectivity index (χ2v) is 8.88. The van der Waals surface area contributed by atoms with Gasteiger partial charge in [0.15, 0.2) is 16.6 Å². The zero-order chi connectivity index (χ0) is 24.1. The molecular formula is C26H31N3O4S. The third kappa shape index (κ3) is 5.28. The van der Waals surface area contributed by atoms with Gasteiger partial charge in [-0.2, -0.15) is 0 Å². The molecule has 0 unspecified atom stereocenters. The minimum atomic E-state index is -0.132. The van der Waals surface area contributed by atoms with Crippen molar-refractivity contribution in [3.63, 3.8) is 0 Å². The number of anilines is 1. The Morgan fingerprint density at radius 3 is 2.32 bits per heavy atom.